The van der Waals surface area contributed by atoms with Gasteiger partial charge in [0.25, 0.3) is 0 Å². The first-order valence-corrected chi connectivity index (χ1v) is 11.6. The van der Waals surface area contributed by atoms with Gasteiger partial charge in [0, 0.05) is 15.7 Å². The number of rotatable bonds is 4. The van der Waals surface area contributed by atoms with Crippen LogP contribution >= 0.6 is 11.3 Å². The number of hydrogen-bond acceptors (Lipinski definition) is 4. The molecule has 4 heteroatoms. The van der Waals surface area contributed by atoms with Gasteiger partial charge in [-0.25, -0.2) is 9.97 Å². The molecule has 1 saturated carbocycles. The summed E-state index contributed by atoms with van der Waals surface area (Å²) >= 11 is 1.88. The Hall–Kier alpha value is -1.26. The van der Waals surface area contributed by atoms with Gasteiger partial charge in [-0.1, -0.05) is 39.3 Å². The molecule has 1 atom stereocenters. The first-order valence-electron chi connectivity index (χ1n) is 10.8. The maximum Gasteiger partial charge on any atom is 0.127 e. The number of thiophene rings is 1. The Kier molecular flexibility index (Phi) is 5.16. The Morgan fingerprint density at radius 3 is 2.46 bits per heavy atom. The van der Waals surface area contributed by atoms with E-state index in [9.17, 15) is 5.11 Å². The summed E-state index contributed by atoms with van der Waals surface area (Å²) in [7, 11) is 0. The molecule has 1 unspecified atom stereocenters. The lowest BCUT2D eigenvalue weighted by Gasteiger charge is -2.33. The number of aromatic nitrogens is 2. The molecule has 2 aromatic rings. The minimum atomic E-state index is -0.252. The largest absolute Gasteiger partial charge is 0.392 e. The van der Waals surface area contributed by atoms with Crippen LogP contribution in [0.5, 0.6) is 0 Å². The van der Waals surface area contributed by atoms with Crippen LogP contribution in [0, 0.1) is 17.8 Å². The minimum absolute atomic E-state index is 0.101. The Bertz CT molecular complexity index is 899. The van der Waals surface area contributed by atoms with Crippen LogP contribution in [0.25, 0.3) is 10.2 Å². The summed E-state index contributed by atoms with van der Waals surface area (Å²) in [6.07, 6.45) is 9.95. The number of aliphatic hydroxyl groups is 1. The van der Waals surface area contributed by atoms with E-state index in [1.807, 2.05) is 18.3 Å². The van der Waals surface area contributed by atoms with E-state index in [4.69, 9.17) is 9.97 Å². The highest BCUT2D eigenvalue weighted by Gasteiger charge is 2.32. The van der Waals surface area contributed by atoms with Crippen molar-refractivity contribution >= 4 is 21.6 Å². The van der Waals surface area contributed by atoms with Gasteiger partial charge in [-0.3, -0.25) is 0 Å². The maximum absolute atomic E-state index is 10.2. The van der Waals surface area contributed by atoms with Crippen molar-refractivity contribution < 1.29 is 5.11 Å². The normalized spacial score (nSPS) is 24.6. The summed E-state index contributed by atoms with van der Waals surface area (Å²) in [6.45, 7) is 11.0. The van der Waals surface area contributed by atoms with Crippen LogP contribution in [0.15, 0.2) is 17.7 Å². The van der Waals surface area contributed by atoms with Gasteiger partial charge in [-0.2, -0.15) is 0 Å². The molecule has 2 aliphatic carbocycles. The van der Waals surface area contributed by atoms with E-state index in [0.717, 1.165) is 29.9 Å². The first-order chi connectivity index (χ1) is 13.1. The maximum atomic E-state index is 10.2. The van der Waals surface area contributed by atoms with E-state index in [0.29, 0.717) is 11.3 Å². The molecule has 0 radical (unpaired) electrons. The molecule has 0 aliphatic heterocycles. The molecule has 0 saturated heterocycles. The monoisotopic (exact) mass is 398 g/mol. The molecule has 2 aromatic heterocycles. The molecule has 0 bridgehead atoms. The zero-order valence-electron chi connectivity index (χ0n) is 18.0. The van der Waals surface area contributed by atoms with Crippen LogP contribution in [-0.2, 0) is 6.42 Å². The molecular formula is C24H34N2OS. The first kappa shape index (κ1) is 20.0. The Labute approximate surface area is 173 Å². The molecular weight excluding hydrogens is 364 g/mol. The highest BCUT2D eigenvalue weighted by atomic mass is 32.1. The molecule has 1 N–H and O–H groups in total. The number of aryl methyl sites for hydroxylation is 2. The minimum Gasteiger partial charge on any atom is -0.392 e. The van der Waals surface area contributed by atoms with E-state index in [-0.39, 0.29) is 11.5 Å². The number of nitrogens with zero attached hydrogens (tertiary/aromatic N) is 2. The van der Waals surface area contributed by atoms with Crippen molar-refractivity contribution in [2.75, 3.05) is 0 Å². The molecule has 3 nitrogen and oxygen atoms in total. The lowest BCUT2D eigenvalue weighted by Crippen LogP contribution is -2.21. The van der Waals surface area contributed by atoms with Crippen LogP contribution in [0.2, 0.25) is 0 Å². The standard InChI is InChI=1S/C24H34N2OS/c1-15-25-19(7-6-16-12-21(27)24(4,5)14-16)18-13-20(28-22(18)26-15)17-8-10-23(2,3)11-9-17/h13-14,17,21,27H,6-12H2,1-5H3. The molecule has 0 amide bonds. The Morgan fingerprint density at radius 1 is 1.11 bits per heavy atom. The predicted molar refractivity (Wildman–Crippen MR) is 118 cm³/mol. The third-order valence-electron chi connectivity index (χ3n) is 6.92. The van der Waals surface area contributed by atoms with Crippen molar-refractivity contribution in [1.29, 1.82) is 0 Å². The highest BCUT2D eigenvalue weighted by molar-refractivity contribution is 7.18. The molecule has 1 fully saturated rings. The van der Waals surface area contributed by atoms with Gasteiger partial charge < -0.3 is 5.11 Å². The van der Waals surface area contributed by atoms with Crippen molar-refractivity contribution in [2.45, 2.75) is 91.6 Å². The van der Waals surface area contributed by atoms with Gasteiger partial charge in [0.1, 0.15) is 10.7 Å². The summed E-state index contributed by atoms with van der Waals surface area (Å²) in [6, 6.07) is 2.39. The Balaban J connectivity index is 1.55. The second-order valence-corrected chi connectivity index (χ2v) is 11.4. The smallest absolute Gasteiger partial charge is 0.127 e. The lowest BCUT2D eigenvalue weighted by molar-refractivity contribution is 0.0956. The average Bonchev–Trinajstić information content (AvgIpc) is 3.13. The Morgan fingerprint density at radius 2 is 1.82 bits per heavy atom. The van der Waals surface area contributed by atoms with Crippen molar-refractivity contribution in [2.24, 2.45) is 10.8 Å². The summed E-state index contributed by atoms with van der Waals surface area (Å²) in [5, 5.41) is 11.5. The van der Waals surface area contributed by atoms with Gasteiger partial charge in [0.2, 0.25) is 0 Å². The quantitative estimate of drug-likeness (QED) is 0.612. The summed E-state index contributed by atoms with van der Waals surface area (Å²) in [5.41, 5.74) is 2.95. The third-order valence-corrected chi connectivity index (χ3v) is 8.11. The SMILES string of the molecule is Cc1nc(CCC2=CC(C)(C)C(O)C2)c2cc(C3CCC(C)(C)CC3)sc2n1. The van der Waals surface area contributed by atoms with Crippen LogP contribution in [0.1, 0.15) is 88.5 Å². The summed E-state index contributed by atoms with van der Waals surface area (Å²) in [4.78, 5) is 12.2. The average molecular weight is 399 g/mol. The molecule has 28 heavy (non-hydrogen) atoms. The van der Waals surface area contributed by atoms with Crippen molar-refractivity contribution in [3.63, 3.8) is 0 Å². The fraction of sp³-hybridized carbons (Fsp3) is 0.667. The molecule has 2 aliphatic rings. The van der Waals surface area contributed by atoms with Crippen LogP contribution in [0.4, 0.5) is 0 Å². The number of aliphatic hydroxyl groups excluding tert-OH is 1. The fourth-order valence-electron chi connectivity index (χ4n) is 4.84. The van der Waals surface area contributed by atoms with Gasteiger partial charge in [-0.15, -0.1) is 11.3 Å². The number of fused-ring (bicyclic) bond motifs is 1. The van der Waals surface area contributed by atoms with E-state index >= 15 is 0 Å². The van der Waals surface area contributed by atoms with Crippen molar-refractivity contribution in [1.82, 2.24) is 9.97 Å². The predicted octanol–water partition coefficient (Wildman–Crippen LogP) is 6.33. The second-order valence-electron chi connectivity index (χ2n) is 10.4. The zero-order valence-corrected chi connectivity index (χ0v) is 18.8. The van der Waals surface area contributed by atoms with Crippen LogP contribution < -0.4 is 0 Å². The summed E-state index contributed by atoms with van der Waals surface area (Å²) in [5.74, 6) is 1.57. The molecule has 0 spiro atoms. The van der Waals surface area contributed by atoms with Crippen molar-refractivity contribution in [3.05, 3.63) is 34.1 Å². The van der Waals surface area contributed by atoms with Crippen LogP contribution in [-0.4, -0.2) is 21.2 Å². The molecule has 0 aromatic carbocycles. The van der Waals surface area contributed by atoms with E-state index < -0.39 is 0 Å². The van der Waals surface area contributed by atoms with Gasteiger partial charge >= 0.3 is 0 Å². The molecule has 4 rings (SSSR count). The lowest BCUT2D eigenvalue weighted by atomic mass is 9.73. The third kappa shape index (κ3) is 4.04. The summed E-state index contributed by atoms with van der Waals surface area (Å²) < 4.78 is 0. The molecule has 152 valence electrons. The highest BCUT2D eigenvalue weighted by Crippen LogP contribution is 2.45. The van der Waals surface area contributed by atoms with E-state index in [2.05, 4.69) is 39.8 Å². The molecule has 2 heterocycles. The van der Waals surface area contributed by atoms with Crippen molar-refractivity contribution in [3.8, 4) is 0 Å². The topological polar surface area (TPSA) is 46.0 Å². The second kappa shape index (κ2) is 7.21. The van der Waals surface area contributed by atoms with Gasteiger partial charge in [-0.05, 0) is 69.3 Å². The number of hydrogen-bond donors (Lipinski definition) is 1. The van der Waals surface area contributed by atoms with Gasteiger partial charge in [0.15, 0.2) is 0 Å². The van der Waals surface area contributed by atoms with E-state index in [1.165, 1.54) is 47.2 Å². The van der Waals surface area contributed by atoms with Gasteiger partial charge in [0.05, 0.1) is 11.8 Å². The van der Waals surface area contributed by atoms with E-state index in [1.54, 1.807) is 0 Å². The van der Waals surface area contributed by atoms with Crippen LogP contribution in [0.3, 0.4) is 0 Å². The fourth-order valence-corrected chi connectivity index (χ4v) is 6.11. The zero-order chi connectivity index (χ0) is 20.1.